The van der Waals surface area contributed by atoms with Crippen molar-refractivity contribution in [1.82, 2.24) is 9.55 Å². The Kier molecular flexibility index (Phi) is 3.97. The van der Waals surface area contributed by atoms with Gasteiger partial charge in [-0.1, -0.05) is 13.8 Å². The lowest BCUT2D eigenvalue weighted by atomic mass is 10.2. The van der Waals surface area contributed by atoms with Crippen LogP contribution in [0.1, 0.15) is 26.1 Å². The van der Waals surface area contributed by atoms with Crippen molar-refractivity contribution < 1.29 is 9.50 Å². The predicted molar refractivity (Wildman–Crippen MR) is 69.9 cm³/mol. The van der Waals surface area contributed by atoms with E-state index >= 15 is 0 Å². The van der Waals surface area contributed by atoms with Gasteiger partial charge >= 0.3 is 0 Å². The topological polar surface area (TPSA) is 38.0 Å². The molecule has 0 unspecified atom stereocenters. The van der Waals surface area contributed by atoms with Gasteiger partial charge in [0.2, 0.25) is 0 Å². The molecule has 0 amide bonds. The fourth-order valence-corrected chi connectivity index (χ4v) is 2.15. The molecule has 0 spiro atoms. The van der Waals surface area contributed by atoms with E-state index in [1.54, 1.807) is 6.07 Å². The van der Waals surface area contributed by atoms with E-state index in [2.05, 4.69) is 23.4 Å². The molecule has 1 heterocycles. The minimum atomic E-state index is -0.259. The maximum Gasteiger partial charge on any atom is 0.125 e. The van der Waals surface area contributed by atoms with Crippen LogP contribution in [0.15, 0.2) is 18.2 Å². The lowest BCUT2D eigenvalue weighted by Gasteiger charge is -2.11. The number of benzene rings is 1. The van der Waals surface area contributed by atoms with Gasteiger partial charge in [0.25, 0.3) is 0 Å². The van der Waals surface area contributed by atoms with Crippen LogP contribution >= 0.6 is 0 Å². The summed E-state index contributed by atoms with van der Waals surface area (Å²) in [6, 6.07) is 4.72. The second-order valence-corrected chi connectivity index (χ2v) is 4.99. The summed E-state index contributed by atoms with van der Waals surface area (Å²) in [5.41, 5.74) is 1.67. The number of hydrogen-bond acceptors (Lipinski definition) is 2. The number of nitrogens with zero attached hydrogens (tertiary/aromatic N) is 2. The van der Waals surface area contributed by atoms with Crippen molar-refractivity contribution in [3.63, 3.8) is 0 Å². The molecular weight excluding hydrogens is 231 g/mol. The van der Waals surface area contributed by atoms with E-state index in [1.165, 1.54) is 12.1 Å². The third kappa shape index (κ3) is 2.70. The molecule has 0 saturated heterocycles. The summed E-state index contributed by atoms with van der Waals surface area (Å²) in [4.78, 5) is 4.48. The highest BCUT2D eigenvalue weighted by atomic mass is 19.1. The monoisotopic (exact) mass is 250 g/mol. The van der Waals surface area contributed by atoms with Gasteiger partial charge in [-0.3, -0.25) is 0 Å². The molecule has 98 valence electrons. The highest BCUT2D eigenvalue weighted by molar-refractivity contribution is 5.76. The first kappa shape index (κ1) is 13.0. The predicted octanol–water partition coefficient (Wildman–Crippen LogP) is 2.76. The molecule has 3 nitrogen and oxygen atoms in total. The third-order valence-corrected chi connectivity index (χ3v) is 2.90. The molecule has 1 aromatic carbocycles. The van der Waals surface area contributed by atoms with E-state index in [-0.39, 0.29) is 12.4 Å². The zero-order chi connectivity index (χ0) is 13.1. The Labute approximate surface area is 106 Å². The molecule has 0 bridgehead atoms. The SMILES string of the molecule is CC(C)Cn1c(CCCO)nc2cc(F)ccc21. The van der Waals surface area contributed by atoms with Crippen LogP contribution in [0.2, 0.25) is 0 Å². The number of aliphatic hydroxyl groups is 1. The second kappa shape index (κ2) is 5.48. The summed E-state index contributed by atoms with van der Waals surface area (Å²) < 4.78 is 15.3. The van der Waals surface area contributed by atoms with Crippen LogP contribution in [0, 0.1) is 11.7 Å². The van der Waals surface area contributed by atoms with Crippen molar-refractivity contribution >= 4 is 11.0 Å². The van der Waals surface area contributed by atoms with Gasteiger partial charge in [-0.05, 0) is 24.5 Å². The average Bonchev–Trinajstić information content (AvgIpc) is 2.63. The zero-order valence-electron chi connectivity index (χ0n) is 10.9. The Balaban J connectivity index is 2.45. The molecule has 2 rings (SSSR count). The summed E-state index contributed by atoms with van der Waals surface area (Å²) in [6.07, 6.45) is 1.41. The van der Waals surface area contributed by atoms with Crippen LogP contribution < -0.4 is 0 Å². The first-order valence-electron chi connectivity index (χ1n) is 6.37. The smallest absolute Gasteiger partial charge is 0.125 e. The Bertz CT molecular complexity index is 534. The number of hydrogen-bond donors (Lipinski definition) is 1. The molecule has 0 fully saturated rings. The lowest BCUT2D eigenvalue weighted by Crippen LogP contribution is -2.09. The molecule has 0 saturated carbocycles. The lowest BCUT2D eigenvalue weighted by molar-refractivity contribution is 0.286. The number of aliphatic hydroxyl groups excluding tert-OH is 1. The molecule has 0 radical (unpaired) electrons. The van der Waals surface area contributed by atoms with Crippen molar-refractivity contribution in [2.24, 2.45) is 5.92 Å². The highest BCUT2D eigenvalue weighted by Crippen LogP contribution is 2.20. The third-order valence-electron chi connectivity index (χ3n) is 2.90. The van der Waals surface area contributed by atoms with E-state index < -0.39 is 0 Å². The number of halogens is 1. The van der Waals surface area contributed by atoms with Crippen LogP contribution in [0.5, 0.6) is 0 Å². The van der Waals surface area contributed by atoms with Gasteiger partial charge in [0.05, 0.1) is 11.0 Å². The molecule has 1 N–H and O–H groups in total. The fourth-order valence-electron chi connectivity index (χ4n) is 2.15. The Hall–Kier alpha value is -1.42. The largest absolute Gasteiger partial charge is 0.396 e. The fraction of sp³-hybridized carbons (Fsp3) is 0.500. The van der Waals surface area contributed by atoms with Gasteiger partial charge in [0.15, 0.2) is 0 Å². The summed E-state index contributed by atoms with van der Waals surface area (Å²) in [7, 11) is 0. The van der Waals surface area contributed by atoms with Crippen LogP contribution in [0.25, 0.3) is 11.0 Å². The first-order valence-corrected chi connectivity index (χ1v) is 6.37. The maximum absolute atomic E-state index is 13.2. The van der Waals surface area contributed by atoms with Gasteiger partial charge in [-0.15, -0.1) is 0 Å². The second-order valence-electron chi connectivity index (χ2n) is 4.99. The minimum Gasteiger partial charge on any atom is -0.396 e. The van der Waals surface area contributed by atoms with Gasteiger partial charge in [-0.25, -0.2) is 9.37 Å². The Morgan fingerprint density at radius 3 is 2.83 bits per heavy atom. The van der Waals surface area contributed by atoms with Gasteiger partial charge in [0, 0.05) is 25.6 Å². The van der Waals surface area contributed by atoms with Crippen LogP contribution in [0.3, 0.4) is 0 Å². The van der Waals surface area contributed by atoms with Gasteiger partial charge in [-0.2, -0.15) is 0 Å². The summed E-state index contributed by atoms with van der Waals surface area (Å²) >= 11 is 0. The summed E-state index contributed by atoms with van der Waals surface area (Å²) in [6.45, 7) is 5.30. The standard InChI is InChI=1S/C14H19FN2O/c1-10(2)9-17-13-6-5-11(15)8-12(13)16-14(17)4-3-7-18/h5-6,8,10,18H,3-4,7,9H2,1-2H3. The van der Waals surface area contributed by atoms with Crippen LogP contribution in [-0.2, 0) is 13.0 Å². The summed E-state index contributed by atoms with van der Waals surface area (Å²) in [5, 5.41) is 8.92. The van der Waals surface area contributed by atoms with Crippen LogP contribution in [0.4, 0.5) is 4.39 Å². The van der Waals surface area contributed by atoms with Gasteiger partial charge in [0.1, 0.15) is 11.6 Å². The van der Waals surface area contributed by atoms with Crippen molar-refractivity contribution in [3.8, 4) is 0 Å². The van der Waals surface area contributed by atoms with E-state index in [4.69, 9.17) is 5.11 Å². The number of imidazole rings is 1. The molecule has 4 heteroatoms. The van der Waals surface area contributed by atoms with E-state index in [0.717, 1.165) is 24.3 Å². The van der Waals surface area contributed by atoms with Gasteiger partial charge < -0.3 is 9.67 Å². The average molecular weight is 250 g/mol. The molecule has 0 aliphatic carbocycles. The van der Waals surface area contributed by atoms with E-state index in [1.807, 2.05) is 0 Å². The maximum atomic E-state index is 13.2. The quantitative estimate of drug-likeness (QED) is 0.886. The molecule has 1 aromatic heterocycles. The zero-order valence-corrected chi connectivity index (χ0v) is 10.9. The van der Waals surface area contributed by atoms with Crippen molar-refractivity contribution in [2.75, 3.05) is 6.61 Å². The van der Waals surface area contributed by atoms with Crippen molar-refractivity contribution in [3.05, 3.63) is 29.8 Å². The molecule has 0 aliphatic heterocycles. The molecular formula is C14H19FN2O. The van der Waals surface area contributed by atoms with Crippen molar-refractivity contribution in [1.29, 1.82) is 0 Å². The molecule has 0 aliphatic rings. The van der Waals surface area contributed by atoms with E-state index in [0.29, 0.717) is 17.9 Å². The van der Waals surface area contributed by atoms with E-state index in [9.17, 15) is 4.39 Å². The molecule has 18 heavy (non-hydrogen) atoms. The highest BCUT2D eigenvalue weighted by Gasteiger charge is 2.12. The number of aryl methyl sites for hydroxylation is 1. The first-order chi connectivity index (χ1) is 8.61. The van der Waals surface area contributed by atoms with Crippen LogP contribution in [-0.4, -0.2) is 21.3 Å². The number of rotatable bonds is 5. The minimum absolute atomic E-state index is 0.152. The Morgan fingerprint density at radius 2 is 2.17 bits per heavy atom. The Morgan fingerprint density at radius 1 is 1.39 bits per heavy atom. The molecule has 2 aromatic rings. The summed E-state index contributed by atoms with van der Waals surface area (Å²) in [5.74, 6) is 1.17. The number of aromatic nitrogens is 2. The van der Waals surface area contributed by atoms with Crippen molar-refractivity contribution in [2.45, 2.75) is 33.2 Å². The normalized spacial score (nSPS) is 11.6. The number of fused-ring (bicyclic) bond motifs is 1. The molecule has 0 atom stereocenters.